The SMILES string of the molecule is COCP(=O)(OCc1ccccc1)OCc1ccccc1. The Morgan fingerprint density at radius 2 is 1.24 bits per heavy atom. The first-order valence-corrected chi connectivity index (χ1v) is 8.39. The predicted molar refractivity (Wildman–Crippen MR) is 81.9 cm³/mol. The van der Waals surface area contributed by atoms with Crippen molar-refractivity contribution in [2.75, 3.05) is 13.5 Å². The van der Waals surface area contributed by atoms with E-state index in [1.165, 1.54) is 7.11 Å². The fourth-order valence-corrected chi connectivity index (χ4v) is 3.00. The van der Waals surface area contributed by atoms with Crippen LogP contribution in [-0.4, -0.2) is 13.5 Å². The monoisotopic (exact) mass is 306 g/mol. The highest BCUT2D eigenvalue weighted by Gasteiger charge is 2.24. The van der Waals surface area contributed by atoms with E-state index in [0.717, 1.165) is 11.1 Å². The van der Waals surface area contributed by atoms with E-state index in [0.29, 0.717) is 0 Å². The largest absolute Gasteiger partial charge is 0.372 e. The standard InChI is InChI=1S/C16H19O4P/c1-18-14-21(17,19-12-15-8-4-2-5-9-15)20-13-16-10-6-3-7-11-16/h2-11H,12-14H2,1H3. The first-order valence-electron chi connectivity index (χ1n) is 6.67. The molecule has 2 aromatic rings. The van der Waals surface area contributed by atoms with Gasteiger partial charge < -0.3 is 13.8 Å². The molecule has 0 amide bonds. The number of rotatable bonds is 8. The zero-order valence-electron chi connectivity index (χ0n) is 12.0. The van der Waals surface area contributed by atoms with Gasteiger partial charge in [0.2, 0.25) is 0 Å². The number of benzene rings is 2. The maximum Gasteiger partial charge on any atom is 0.356 e. The lowest BCUT2D eigenvalue weighted by Crippen LogP contribution is -2.02. The lowest BCUT2D eigenvalue weighted by atomic mass is 10.2. The Labute approximate surface area is 125 Å². The minimum atomic E-state index is -3.27. The summed E-state index contributed by atoms with van der Waals surface area (Å²) in [6, 6.07) is 19.1. The van der Waals surface area contributed by atoms with Gasteiger partial charge in [0.25, 0.3) is 0 Å². The average Bonchev–Trinajstić information content (AvgIpc) is 2.54. The zero-order chi connectivity index (χ0) is 15.0. The van der Waals surface area contributed by atoms with E-state index in [2.05, 4.69) is 0 Å². The molecule has 0 aliphatic carbocycles. The van der Waals surface area contributed by atoms with E-state index in [4.69, 9.17) is 13.8 Å². The van der Waals surface area contributed by atoms with Gasteiger partial charge in [0.15, 0.2) is 0 Å². The third kappa shape index (κ3) is 5.44. The second kappa shape index (κ2) is 8.11. The lowest BCUT2D eigenvalue weighted by molar-refractivity contribution is 0.149. The summed E-state index contributed by atoms with van der Waals surface area (Å²) in [5.74, 6) is 0. The third-order valence-corrected chi connectivity index (χ3v) is 4.45. The molecule has 0 N–H and O–H groups in total. The molecule has 0 spiro atoms. The van der Waals surface area contributed by atoms with Crippen LogP contribution < -0.4 is 0 Å². The van der Waals surface area contributed by atoms with Gasteiger partial charge in [-0.15, -0.1) is 0 Å². The maximum atomic E-state index is 12.6. The van der Waals surface area contributed by atoms with Crippen LogP contribution in [0.4, 0.5) is 0 Å². The summed E-state index contributed by atoms with van der Waals surface area (Å²) in [7, 11) is -1.80. The van der Waals surface area contributed by atoms with Crippen molar-refractivity contribution in [2.24, 2.45) is 0 Å². The Hall–Kier alpha value is -1.45. The molecular weight excluding hydrogens is 287 g/mol. The summed E-state index contributed by atoms with van der Waals surface area (Å²) in [6.45, 7) is 0.465. The Kier molecular flexibility index (Phi) is 6.15. The van der Waals surface area contributed by atoms with Crippen molar-refractivity contribution in [1.29, 1.82) is 0 Å². The average molecular weight is 306 g/mol. The van der Waals surface area contributed by atoms with Gasteiger partial charge in [0, 0.05) is 7.11 Å². The van der Waals surface area contributed by atoms with Crippen molar-refractivity contribution in [3.8, 4) is 0 Å². The Balaban J connectivity index is 1.94. The van der Waals surface area contributed by atoms with Crippen molar-refractivity contribution in [2.45, 2.75) is 13.2 Å². The van der Waals surface area contributed by atoms with Crippen LogP contribution in [-0.2, 0) is 31.6 Å². The molecule has 2 rings (SSSR count). The Bertz CT molecular complexity index is 524. The van der Waals surface area contributed by atoms with Gasteiger partial charge in [-0.2, -0.15) is 0 Å². The van der Waals surface area contributed by atoms with Gasteiger partial charge in [-0.3, -0.25) is 4.57 Å². The highest BCUT2D eigenvalue weighted by Crippen LogP contribution is 2.49. The van der Waals surface area contributed by atoms with Crippen LogP contribution in [0.2, 0.25) is 0 Å². The smallest absolute Gasteiger partial charge is 0.356 e. The number of ether oxygens (including phenoxy) is 1. The van der Waals surface area contributed by atoms with Crippen molar-refractivity contribution in [1.82, 2.24) is 0 Å². The first kappa shape index (κ1) is 15.9. The number of methoxy groups -OCH3 is 1. The quantitative estimate of drug-likeness (QED) is 0.685. The second-order valence-corrected chi connectivity index (χ2v) is 6.54. The molecule has 0 aliphatic heterocycles. The normalized spacial score (nSPS) is 11.5. The fraction of sp³-hybridized carbons (Fsp3) is 0.250. The van der Waals surface area contributed by atoms with Crippen LogP contribution in [0.3, 0.4) is 0 Å². The molecule has 0 saturated heterocycles. The third-order valence-electron chi connectivity index (χ3n) is 2.83. The van der Waals surface area contributed by atoms with Crippen LogP contribution in [0.25, 0.3) is 0 Å². The molecule has 0 radical (unpaired) electrons. The van der Waals surface area contributed by atoms with Crippen LogP contribution in [0.15, 0.2) is 60.7 Å². The molecule has 21 heavy (non-hydrogen) atoms. The van der Waals surface area contributed by atoms with E-state index in [1.54, 1.807) is 0 Å². The van der Waals surface area contributed by atoms with Gasteiger partial charge >= 0.3 is 7.60 Å². The molecule has 2 aromatic carbocycles. The molecule has 0 heterocycles. The summed E-state index contributed by atoms with van der Waals surface area (Å²) in [5, 5.41) is 0. The molecule has 0 fully saturated rings. The van der Waals surface area contributed by atoms with E-state index >= 15 is 0 Å². The topological polar surface area (TPSA) is 44.8 Å². The van der Waals surface area contributed by atoms with Crippen molar-refractivity contribution in [3.05, 3.63) is 71.8 Å². The van der Waals surface area contributed by atoms with Crippen molar-refractivity contribution < 1.29 is 18.3 Å². The Morgan fingerprint density at radius 1 is 0.810 bits per heavy atom. The van der Waals surface area contributed by atoms with E-state index < -0.39 is 7.60 Å². The second-order valence-electron chi connectivity index (χ2n) is 4.55. The summed E-state index contributed by atoms with van der Waals surface area (Å²) < 4.78 is 28.5. The lowest BCUT2D eigenvalue weighted by Gasteiger charge is -2.18. The van der Waals surface area contributed by atoms with E-state index in [-0.39, 0.29) is 19.6 Å². The van der Waals surface area contributed by atoms with Crippen LogP contribution in [0.1, 0.15) is 11.1 Å². The molecule has 0 atom stereocenters. The van der Waals surface area contributed by atoms with Gasteiger partial charge in [0.05, 0.1) is 13.2 Å². The number of hydrogen-bond donors (Lipinski definition) is 0. The molecule has 112 valence electrons. The fourth-order valence-electron chi connectivity index (χ4n) is 1.76. The van der Waals surface area contributed by atoms with E-state index in [1.807, 2.05) is 60.7 Å². The molecule has 0 aliphatic rings. The Morgan fingerprint density at radius 3 is 1.62 bits per heavy atom. The molecular formula is C16H19O4P. The summed E-state index contributed by atoms with van der Waals surface area (Å²) in [4.78, 5) is 0. The summed E-state index contributed by atoms with van der Waals surface area (Å²) >= 11 is 0. The van der Waals surface area contributed by atoms with Gasteiger partial charge in [0.1, 0.15) is 6.35 Å². The molecule has 0 bridgehead atoms. The van der Waals surface area contributed by atoms with Gasteiger partial charge in [-0.1, -0.05) is 60.7 Å². The molecule has 4 nitrogen and oxygen atoms in total. The van der Waals surface area contributed by atoms with Crippen molar-refractivity contribution in [3.63, 3.8) is 0 Å². The van der Waals surface area contributed by atoms with Gasteiger partial charge in [-0.05, 0) is 11.1 Å². The highest BCUT2D eigenvalue weighted by atomic mass is 31.2. The molecule has 5 heteroatoms. The minimum absolute atomic E-state index is 0.0628. The van der Waals surface area contributed by atoms with E-state index in [9.17, 15) is 4.57 Å². The molecule has 0 unspecified atom stereocenters. The maximum absolute atomic E-state index is 12.6. The number of hydrogen-bond acceptors (Lipinski definition) is 4. The summed E-state index contributed by atoms with van der Waals surface area (Å²) in [6.07, 6.45) is -0.0628. The minimum Gasteiger partial charge on any atom is -0.372 e. The van der Waals surface area contributed by atoms with Crippen LogP contribution in [0.5, 0.6) is 0 Å². The van der Waals surface area contributed by atoms with Crippen molar-refractivity contribution >= 4 is 7.60 Å². The predicted octanol–water partition coefficient (Wildman–Crippen LogP) is 4.22. The van der Waals surface area contributed by atoms with Gasteiger partial charge in [-0.25, -0.2) is 0 Å². The van der Waals surface area contributed by atoms with Crippen LogP contribution in [0, 0.1) is 0 Å². The molecule has 0 aromatic heterocycles. The summed E-state index contributed by atoms with van der Waals surface area (Å²) in [5.41, 5.74) is 1.88. The highest BCUT2D eigenvalue weighted by molar-refractivity contribution is 7.53. The molecule has 0 saturated carbocycles. The van der Waals surface area contributed by atoms with Crippen LogP contribution >= 0.6 is 7.60 Å². The first-order chi connectivity index (χ1) is 10.2. The zero-order valence-corrected chi connectivity index (χ0v) is 12.9.